The number of thiol groups is 1. The van der Waals surface area contributed by atoms with Gasteiger partial charge in [-0.15, -0.1) is 11.6 Å². The van der Waals surface area contributed by atoms with Crippen LogP contribution in [0.15, 0.2) is 12.1 Å². The quantitative estimate of drug-likeness (QED) is 0.104. The van der Waals surface area contributed by atoms with Crippen LogP contribution in [0.4, 0.5) is 0 Å². The fourth-order valence-electron chi connectivity index (χ4n) is 3.56. The number of thioether (sulfide) groups is 1. The Morgan fingerprint density at radius 2 is 1.72 bits per heavy atom. The van der Waals surface area contributed by atoms with E-state index in [0.717, 1.165) is 41.8 Å². The van der Waals surface area contributed by atoms with Crippen molar-refractivity contribution in [2.45, 2.75) is 90.7 Å². The third kappa shape index (κ3) is 13.5. The van der Waals surface area contributed by atoms with Gasteiger partial charge in [0.1, 0.15) is 23.0 Å². The van der Waals surface area contributed by atoms with Gasteiger partial charge in [-0.1, -0.05) is 53.4 Å². The van der Waals surface area contributed by atoms with E-state index in [0.29, 0.717) is 11.8 Å². The highest BCUT2D eigenvalue weighted by atomic mass is 35.5. The minimum atomic E-state index is 0.443. The summed E-state index contributed by atoms with van der Waals surface area (Å²) >= 11 is 9.80. The highest BCUT2D eigenvalue weighted by Gasteiger charge is 2.12. The Balaban J connectivity index is 0.000000894. The smallest absolute Gasteiger partial charge is 0.124 e. The van der Waals surface area contributed by atoms with Gasteiger partial charge < -0.3 is 9.47 Å². The van der Waals surface area contributed by atoms with Crippen LogP contribution < -0.4 is 9.47 Å². The molecule has 0 saturated carbocycles. The SMILES string of the molecule is C1CC[SH+]C1.CCCCSCc1cc(OCCC(C)CCCC(C)C)c(CCl)cc1OC. The Morgan fingerprint density at radius 3 is 2.28 bits per heavy atom. The lowest BCUT2D eigenvalue weighted by molar-refractivity contribution is 0.273. The highest BCUT2D eigenvalue weighted by Crippen LogP contribution is 2.33. The van der Waals surface area contributed by atoms with Gasteiger partial charge in [-0.05, 0) is 67.2 Å². The monoisotopic (exact) mass is 503 g/mol. The first-order chi connectivity index (χ1) is 15.5. The van der Waals surface area contributed by atoms with E-state index >= 15 is 0 Å². The lowest BCUT2D eigenvalue weighted by Gasteiger charge is -2.17. The number of hydrogen-bond donors (Lipinski definition) is 0. The lowest BCUT2D eigenvalue weighted by atomic mass is 9.98. The predicted molar refractivity (Wildman–Crippen MR) is 149 cm³/mol. The van der Waals surface area contributed by atoms with Crippen LogP contribution in [0.25, 0.3) is 0 Å². The van der Waals surface area contributed by atoms with E-state index in [9.17, 15) is 0 Å². The van der Waals surface area contributed by atoms with Crippen molar-refractivity contribution in [3.05, 3.63) is 23.3 Å². The largest absolute Gasteiger partial charge is 0.496 e. The number of halogens is 1. The van der Waals surface area contributed by atoms with Crippen molar-refractivity contribution in [1.82, 2.24) is 0 Å². The second kappa shape index (κ2) is 19.2. The average Bonchev–Trinajstić information content (AvgIpc) is 3.37. The summed E-state index contributed by atoms with van der Waals surface area (Å²) in [4.78, 5) is 0. The Kier molecular flexibility index (Phi) is 17.9. The van der Waals surface area contributed by atoms with Crippen LogP contribution >= 0.6 is 23.4 Å². The van der Waals surface area contributed by atoms with Gasteiger partial charge in [0.15, 0.2) is 0 Å². The van der Waals surface area contributed by atoms with E-state index in [-0.39, 0.29) is 0 Å². The molecule has 1 aliphatic heterocycles. The number of alkyl halides is 1. The van der Waals surface area contributed by atoms with Crippen LogP contribution in [-0.2, 0) is 23.4 Å². The van der Waals surface area contributed by atoms with Gasteiger partial charge in [0, 0.05) is 16.9 Å². The molecule has 32 heavy (non-hydrogen) atoms. The van der Waals surface area contributed by atoms with Crippen molar-refractivity contribution in [3.63, 3.8) is 0 Å². The maximum Gasteiger partial charge on any atom is 0.124 e. The molecule has 1 saturated heterocycles. The summed E-state index contributed by atoms with van der Waals surface area (Å²) < 4.78 is 11.7. The predicted octanol–water partition coefficient (Wildman–Crippen LogP) is 8.29. The average molecular weight is 504 g/mol. The molecule has 5 heteroatoms. The first-order valence-electron chi connectivity index (χ1n) is 12.6. The first-order valence-corrected chi connectivity index (χ1v) is 15.6. The summed E-state index contributed by atoms with van der Waals surface area (Å²) in [6, 6.07) is 4.18. The molecule has 0 spiro atoms. The zero-order valence-corrected chi connectivity index (χ0v) is 23.7. The van der Waals surface area contributed by atoms with Gasteiger partial charge in [0.25, 0.3) is 0 Å². The maximum atomic E-state index is 6.16. The summed E-state index contributed by atoms with van der Waals surface area (Å²) in [5.41, 5.74) is 2.22. The molecule has 0 aromatic heterocycles. The molecule has 0 N–H and O–H groups in total. The van der Waals surface area contributed by atoms with Crippen LogP contribution in [0, 0.1) is 11.8 Å². The van der Waals surface area contributed by atoms with Gasteiger partial charge in [-0.2, -0.15) is 11.8 Å². The Bertz CT molecular complexity index is 584. The van der Waals surface area contributed by atoms with Crippen LogP contribution in [0.2, 0.25) is 0 Å². The van der Waals surface area contributed by atoms with E-state index in [1.165, 1.54) is 67.8 Å². The van der Waals surface area contributed by atoms with Gasteiger partial charge in [-0.25, -0.2) is 0 Å². The molecule has 2 nitrogen and oxygen atoms in total. The number of methoxy groups -OCH3 is 1. The van der Waals surface area contributed by atoms with Crippen molar-refractivity contribution in [2.75, 3.05) is 31.0 Å². The fraction of sp³-hybridized carbons (Fsp3) is 0.778. The molecule has 0 aliphatic carbocycles. The van der Waals surface area contributed by atoms with Crippen molar-refractivity contribution in [3.8, 4) is 11.5 Å². The summed E-state index contributed by atoms with van der Waals surface area (Å²) in [6.45, 7) is 9.90. The van der Waals surface area contributed by atoms with Crippen LogP contribution in [0.5, 0.6) is 11.5 Å². The minimum Gasteiger partial charge on any atom is -0.496 e. The summed E-state index contributed by atoms with van der Waals surface area (Å²) in [7, 11) is 1.73. The molecular formula is C27H48ClO2S2+. The molecule has 0 radical (unpaired) electrons. The number of hydrogen-bond acceptors (Lipinski definition) is 3. The molecule has 1 aromatic carbocycles. The zero-order chi connectivity index (χ0) is 23.6. The third-order valence-corrected chi connectivity index (χ3v) is 8.38. The van der Waals surface area contributed by atoms with Gasteiger partial charge in [0.2, 0.25) is 0 Å². The van der Waals surface area contributed by atoms with Crippen LogP contribution in [-0.4, -0.2) is 31.0 Å². The molecule has 1 aliphatic rings. The van der Waals surface area contributed by atoms with E-state index in [4.69, 9.17) is 21.1 Å². The van der Waals surface area contributed by atoms with Crippen molar-refractivity contribution in [1.29, 1.82) is 0 Å². The minimum absolute atomic E-state index is 0.443. The molecule has 1 unspecified atom stereocenters. The van der Waals surface area contributed by atoms with Gasteiger partial charge >= 0.3 is 0 Å². The molecule has 2 rings (SSSR count). The van der Waals surface area contributed by atoms with Gasteiger partial charge in [0.05, 0.1) is 19.6 Å². The molecule has 186 valence electrons. The number of rotatable bonds is 15. The molecule has 0 amide bonds. The second-order valence-electron chi connectivity index (χ2n) is 9.26. The summed E-state index contributed by atoms with van der Waals surface area (Å²) in [6.07, 6.45) is 10.5. The molecule has 0 bridgehead atoms. The highest BCUT2D eigenvalue weighted by molar-refractivity contribution is 7.98. The zero-order valence-electron chi connectivity index (χ0n) is 21.3. The van der Waals surface area contributed by atoms with E-state index < -0.39 is 0 Å². The van der Waals surface area contributed by atoms with Crippen molar-refractivity contribution >= 4 is 35.1 Å². The Morgan fingerprint density at radius 1 is 1.00 bits per heavy atom. The fourth-order valence-corrected chi connectivity index (χ4v) is 5.97. The molecular weight excluding hydrogens is 456 g/mol. The number of benzene rings is 1. The molecule has 1 aromatic rings. The molecule has 1 atom stereocenters. The van der Waals surface area contributed by atoms with Crippen molar-refractivity contribution < 1.29 is 9.47 Å². The third-order valence-electron chi connectivity index (χ3n) is 5.74. The summed E-state index contributed by atoms with van der Waals surface area (Å²) in [5.74, 6) is 8.86. The standard InChI is InChI=1S/C23H39ClO2S.C4H8S/c1-6-7-13-27-17-21-15-23(20(16-24)14-22(21)25-5)26-12-11-19(4)10-8-9-18(2)3;1-2-4-5-3-1/h14-15,18-19H,6-13,16-17H2,1-5H3;1-4H2/p+1. The molecule has 1 fully saturated rings. The number of unbranched alkanes of at least 4 members (excludes halogenated alkanes) is 1. The second-order valence-corrected chi connectivity index (χ2v) is 12.0. The maximum absolute atomic E-state index is 6.16. The topological polar surface area (TPSA) is 18.5 Å². The lowest BCUT2D eigenvalue weighted by Crippen LogP contribution is -2.06. The van der Waals surface area contributed by atoms with E-state index in [1.807, 2.05) is 17.8 Å². The van der Waals surface area contributed by atoms with Crippen LogP contribution in [0.1, 0.15) is 90.2 Å². The Hall–Kier alpha value is -0.190. The summed E-state index contributed by atoms with van der Waals surface area (Å²) in [5, 5.41) is 0. The number of ether oxygens (including phenoxy) is 2. The van der Waals surface area contributed by atoms with E-state index in [2.05, 4.69) is 33.8 Å². The van der Waals surface area contributed by atoms with Gasteiger partial charge in [-0.3, -0.25) is 0 Å². The normalized spacial score (nSPS) is 14.2. The Labute approximate surface area is 212 Å². The molecule has 1 heterocycles. The van der Waals surface area contributed by atoms with E-state index in [1.54, 1.807) is 18.9 Å². The van der Waals surface area contributed by atoms with Crippen molar-refractivity contribution in [2.24, 2.45) is 11.8 Å². The van der Waals surface area contributed by atoms with Crippen LogP contribution in [0.3, 0.4) is 0 Å². The first kappa shape index (κ1) is 29.8.